The molecule has 0 saturated heterocycles. The molecular formula is C22H20N2. The molecular weight excluding hydrogens is 292 g/mol. The van der Waals surface area contributed by atoms with Crippen molar-refractivity contribution in [3.63, 3.8) is 0 Å². The van der Waals surface area contributed by atoms with E-state index in [-0.39, 0.29) is 5.70 Å². The zero-order valence-electron chi connectivity index (χ0n) is 14.5. The van der Waals surface area contributed by atoms with E-state index in [9.17, 15) is 5.26 Å². The minimum atomic E-state index is 0.178. The van der Waals surface area contributed by atoms with Gasteiger partial charge in [0.25, 0.3) is 5.70 Å². The molecule has 2 aromatic rings. The Kier molecular flexibility index (Phi) is 4.00. The summed E-state index contributed by atoms with van der Waals surface area (Å²) in [5.74, 6) is 0.815. The molecule has 2 aromatic carbocycles. The van der Waals surface area contributed by atoms with Crippen LogP contribution in [0.4, 0.5) is 0 Å². The third kappa shape index (κ3) is 2.41. The van der Waals surface area contributed by atoms with E-state index in [2.05, 4.69) is 75.0 Å². The minimum absolute atomic E-state index is 0.178. The first-order chi connectivity index (χ1) is 11.5. The Labute approximate surface area is 143 Å². The van der Waals surface area contributed by atoms with E-state index in [1.54, 1.807) is 0 Å². The van der Waals surface area contributed by atoms with Crippen LogP contribution in [0.1, 0.15) is 61.8 Å². The first kappa shape index (κ1) is 16.0. The van der Waals surface area contributed by atoms with Crippen LogP contribution in [0, 0.1) is 17.9 Å². The van der Waals surface area contributed by atoms with Crippen molar-refractivity contribution in [2.45, 2.75) is 39.5 Å². The molecule has 2 heteroatoms. The number of allylic oxidation sites excluding steroid dienone is 1. The van der Waals surface area contributed by atoms with Crippen molar-refractivity contribution in [3.8, 4) is 17.2 Å². The van der Waals surface area contributed by atoms with Crippen LogP contribution in [0.2, 0.25) is 0 Å². The van der Waals surface area contributed by atoms with Crippen molar-refractivity contribution < 1.29 is 0 Å². The second kappa shape index (κ2) is 5.99. The van der Waals surface area contributed by atoms with Gasteiger partial charge in [0.2, 0.25) is 0 Å². The number of benzene rings is 2. The molecule has 0 aromatic heterocycles. The topological polar surface area (TPSA) is 28.1 Å². The highest BCUT2D eigenvalue weighted by Gasteiger charge is 2.27. The van der Waals surface area contributed by atoms with Crippen LogP contribution in [0.3, 0.4) is 0 Å². The van der Waals surface area contributed by atoms with E-state index >= 15 is 0 Å². The Balaban J connectivity index is 2.36. The van der Waals surface area contributed by atoms with Gasteiger partial charge in [-0.05, 0) is 45.2 Å². The smallest absolute Gasteiger partial charge is 0.226 e. The van der Waals surface area contributed by atoms with Gasteiger partial charge in [0.15, 0.2) is 0 Å². The monoisotopic (exact) mass is 312 g/mol. The summed E-state index contributed by atoms with van der Waals surface area (Å²) in [4.78, 5) is 3.50. The lowest BCUT2D eigenvalue weighted by Crippen LogP contribution is -1.92. The van der Waals surface area contributed by atoms with Crippen molar-refractivity contribution in [3.05, 3.63) is 75.8 Å². The molecule has 1 aliphatic carbocycles. The number of hydrogen-bond acceptors (Lipinski definition) is 1. The van der Waals surface area contributed by atoms with Crippen LogP contribution < -0.4 is 0 Å². The second-order valence-corrected chi connectivity index (χ2v) is 6.87. The highest BCUT2D eigenvalue weighted by Crippen LogP contribution is 2.47. The Hall–Kier alpha value is -2.84. The van der Waals surface area contributed by atoms with E-state index < -0.39 is 0 Å². The predicted molar refractivity (Wildman–Crippen MR) is 98.3 cm³/mol. The molecule has 0 N–H and O–H groups in total. The van der Waals surface area contributed by atoms with E-state index in [0.29, 0.717) is 11.8 Å². The first-order valence-electron chi connectivity index (χ1n) is 8.28. The molecule has 0 spiro atoms. The van der Waals surface area contributed by atoms with Crippen LogP contribution in [-0.4, -0.2) is 0 Å². The molecule has 3 rings (SSSR count). The molecule has 24 heavy (non-hydrogen) atoms. The first-order valence-corrected chi connectivity index (χ1v) is 8.28. The number of fused-ring (bicyclic) bond motifs is 3. The SMILES string of the molecule is [C-]#[N+]C(C#N)=C1c2cc(C(C)C)ccc2-c2ccc(C(C)C)cc21. The van der Waals surface area contributed by atoms with Crippen LogP contribution in [0.25, 0.3) is 21.5 Å². The molecule has 0 aliphatic heterocycles. The Morgan fingerprint density at radius 3 is 1.67 bits per heavy atom. The second-order valence-electron chi connectivity index (χ2n) is 6.87. The van der Waals surface area contributed by atoms with E-state index in [4.69, 9.17) is 6.57 Å². The van der Waals surface area contributed by atoms with E-state index in [1.807, 2.05) is 0 Å². The van der Waals surface area contributed by atoms with Gasteiger partial charge in [0.1, 0.15) is 0 Å². The van der Waals surface area contributed by atoms with Gasteiger partial charge in [-0.25, -0.2) is 10.1 Å². The van der Waals surface area contributed by atoms with Crippen molar-refractivity contribution in [1.29, 1.82) is 5.26 Å². The number of nitriles is 1. The summed E-state index contributed by atoms with van der Waals surface area (Å²) in [6, 6.07) is 14.9. The third-order valence-corrected chi connectivity index (χ3v) is 4.70. The fraction of sp³-hybridized carbons (Fsp3) is 0.273. The summed E-state index contributed by atoms with van der Waals surface area (Å²) in [5, 5.41) is 9.47. The molecule has 0 fully saturated rings. The molecule has 0 saturated carbocycles. The third-order valence-electron chi connectivity index (χ3n) is 4.70. The van der Waals surface area contributed by atoms with Gasteiger partial charge >= 0.3 is 0 Å². The molecule has 0 amide bonds. The fourth-order valence-corrected chi connectivity index (χ4v) is 3.26. The molecule has 1 aliphatic rings. The highest BCUT2D eigenvalue weighted by atomic mass is 14.7. The zero-order chi connectivity index (χ0) is 17.4. The maximum Gasteiger partial charge on any atom is 0.270 e. The average molecular weight is 312 g/mol. The van der Waals surface area contributed by atoms with Crippen molar-refractivity contribution in [2.24, 2.45) is 0 Å². The number of rotatable bonds is 2. The molecule has 0 atom stereocenters. The summed E-state index contributed by atoms with van der Waals surface area (Å²) in [7, 11) is 0. The molecule has 0 bridgehead atoms. The lowest BCUT2D eigenvalue weighted by Gasteiger charge is -2.10. The molecule has 118 valence electrons. The quantitative estimate of drug-likeness (QED) is 0.414. The minimum Gasteiger partial charge on any atom is -0.226 e. The summed E-state index contributed by atoms with van der Waals surface area (Å²) in [5.41, 5.74) is 7.71. The fourth-order valence-electron chi connectivity index (χ4n) is 3.26. The van der Waals surface area contributed by atoms with Crippen LogP contribution in [0.15, 0.2) is 42.1 Å². The van der Waals surface area contributed by atoms with Crippen molar-refractivity contribution >= 4 is 5.57 Å². The Morgan fingerprint density at radius 1 is 0.875 bits per heavy atom. The largest absolute Gasteiger partial charge is 0.270 e. The van der Waals surface area contributed by atoms with Gasteiger partial charge in [0.05, 0.1) is 12.6 Å². The van der Waals surface area contributed by atoms with Crippen LogP contribution in [0.5, 0.6) is 0 Å². The summed E-state index contributed by atoms with van der Waals surface area (Å²) >= 11 is 0. The molecule has 2 nitrogen and oxygen atoms in total. The highest BCUT2D eigenvalue weighted by molar-refractivity contribution is 6.03. The van der Waals surface area contributed by atoms with Crippen LogP contribution >= 0.6 is 0 Å². The molecule has 0 radical (unpaired) electrons. The van der Waals surface area contributed by atoms with Gasteiger partial charge in [-0.1, -0.05) is 64.1 Å². The lowest BCUT2D eigenvalue weighted by molar-refractivity contribution is 0.866. The van der Waals surface area contributed by atoms with Crippen molar-refractivity contribution in [1.82, 2.24) is 0 Å². The van der Waals surface area contributed by atoms with Gasteiger partial charge in [0, 0.05) is 5.57 Å². The van der Waals surface area contributed by atoms with Gasteiger partial charge in [-0.15, -0.1) is 0 Å². The van der Waals surface area contributed by atoms with E-state index in [1.165, 1.54) is 11.1 Å². The molecule has 0 unspecified atom stereocenters. The van der Waals surface area contributed by atoms with Gasteiger partial charge in [-0.2, -0.15) is 0 Å². The average Bonchev–Trinajstić information content (AvgIpc) is 2.89. The Morgan fingerprint density at radius 2 is 1.33 bits per heavy atom. The zero-order valence-corrected chi connectivity index (χ0v) is 14.5. The summed E-state index contributed by atoms with van der Waals surface area (Å²) in [6.45, 7) is 16.1. The van der Waals surface area contributed by atoms with Crippen molar-refractivity contribution in [2.75, 3.05) is 0 Å². The number of nitrogens with zero attached hydrogens (tertiary/aromatic N) is 2. The van der Waals surface area contributed by atoms with Gasteiger partial charge < -0.3 is 0 Å². The summed E-state index contributed by atoms with van der Waals surface area (Å²) < 4.78 is 0. The standard InChI is InChI=1S/C22H20N2/c1-13(2)15-6-8-17-18-9-7-16(14(3)4)11-20(18)22(19(17)10-15)21(12-23)24-5/h6-11,13-14H,1-4H3. The van der Waals surface area contributed by atoms with Crippen LogP contribution in [-0.2, 0) is 0 Å². The lowest BCUT2D eigenvalue weighted by atomic mass is 9.95. The summed E-state index contributed by atoms with van der Waals surface area (Å²) in [6.07, 6.45) is 0. The number of hydrogen-bond donors (Lipinski definition) is 0. The van der Waals surface area contributed by atoms with Gasteiger partial charge in [-0.3, -0.25) is 0 Å². The normalized spacial score (nSPS) is 11.9. The Bertz CT molecular complexity index is 856. The maximum absolute atomic E-state index is 9.47. The van der Waals surface area contributed by atoms with E-state index in [0.717, 1.165) is 27.8 Å². The predicted octanol–water partition coefficient (Wildman–Crippen LogP) is 6.12. The maximum atomic E-state index is 9.47. The molecule has 0 heterocycles.